The van der Waals surface area contributed by atoms with Gasteiger partial charge in [0.15, 0.2) is 11.6 Å². The lowest BCUT2D eigenvalue weighted by atomic mass is 10.1. The maximum Gasteiger partial charge on any atom is 0.254 e. The molecule has 3 rings (SSSR count). The first-order chi connectivity index (χ1) is 11.4. The SMILES string of the molecule is Cc1nc(CN2CCN(C(=O)c3ccc(F)c(F)c3)CC2)sc1C. The molecular formula is C17H19F2N3OS. The molecule has 0 radical (unpaired) electrons. The highest BCUT2D eigenvalue weighted by molar-refractivity contribution is 7.11. The molecule has 1 amide bonds. The Balaban J connectivity index is 1.58. The summed E-state index contributed by atoms with van der Waals surface area (Å²) in [6, 6.07) is 3.28. The summed E-state index contributed by atoms with van der Waals surface area (Å²) in [5.74, 6) is -2.19. The molecule has 0 atom stereocenters. The number of aryl methyl sites for hydroxylation is 2. The molecule has 128 valence electrons. The highest BCUT2D eigenvalue weighted by atomic mass is 32.1. The standard InChI is InChI=1S/C17H19F2N3OS/c1-11-12(2)24-16(20-11)10-21-5-7-22(8-6-21)17(23)13-3-4-14(18)15(19)9-13/h3-4,9H,5-8,10H2,1-2H3. The third-order valence-electron chi connectivity index (χ3n) is 4.26. The largest absolute Gasteiger partial charge is 0.336 e. The molecule has 1 fully saturated rings. The maximum atomic E-state index is 13.3. The smallest absolute Gasteiger partial charge is 0.254 e. The minimum atomic E-state index is -0.992. The number of rotatable bonds is 3. The number of hydrogen-bond acceptors (Lipinski definition) is 4. The van der Waals surface area contributed by atoms with E-state index >= 15 is 0 Å². The molecule has 1 saturated heterocycles. The number of aromatic nitrogens is 1. The second kappa shape index (κ2) is 6.94. The lowest BCUT2D eigenvalue weighted by Gasteiger charge is -2.34. The van der Waals surface area contributed by atoms with E-state index in [1.165, 1.54) is 10.9 Å². The van der Waals surface area contributed by atoms with Crippen molar-refractivity contribution in [3.8, 4) is 0 Å². The second-order valence-corrected chi connectivity index (χ2v) is 7.23. The van der Waals surface area contributed by atoms with Crippen molar-refractivity contribution in [2.45, 2.75) is 20.4 Å². The minimum Gasteiger partial charge on any atom is -0.336 e. The zero-order valence-electron chi connectivity index (χ0n) is 13.7. The molecule has 1 aromatic carbocycles. The molecule has 24 heavy (non-hydrogen) atoms. The van der Waals surface area contributed by atoms with Crippen LogP contribution in [0.2, 0.25) is 0 Å². The summed E-state index contributed by atoms with van der Waals surface area (Å²) in [6.45, 7) is 7.48. The van der Waals surface area contributed by atoms with E-state index in [2.05, 4.69) is 16.8 Å². The Morgan fingerprint density at radius 3 is 2.46 bits per heavy atom. The van der Waals surface area contributed by atoms with Crippen molar-refractivity contribution in [1.29, 1.82) is 0 Å². The molecule has 2 aromatic rings. The Labute approximate surface area is 143 Å². The number of carbonyl (C=O) groups is 1. The lowest BCUT2D eigenvalue weighted by molar-refractivity contribution is 0.0628. The Morgan fingerprint density at radius 1 is 1.17 bits per heavy atom. The highest BCUT2D eigenvalue weighted by Crippen LogP contribution is 2.19. The molecule has 0 spiro atoms. The number of thiazole rings is 1. The van der Waals surface area contributed by atoms with Gasteiger partial charge in [-0.15, -0.1) is 11.3 Å². The van der Waals surface area contributed by atoms with Gasteiger partial charge in [0.05, 0.1) is 12.2 Å². The Kier molecular flexibility index (Phi) is 4.91. The van der Waals surface area contributed by atoms with Crippen molar-refractivity contribution in [2.24, 2.45) is 0 Å². The first kappa shape index (κ1) is 17.0. The van der Waals surface area contributed by atoms with Gasteiger partial charge in [0.2, 0.25) is 0 Å². The van der Waals surface area contributed by atoms with Gasteiger partial charge in [0.1, 0.15) is 5.01 Å². The average molecular weight is 351 g/mol. The van der Waals surface area contributed by atoms with Crippen LogP contribution in [0.1, 0.15) is 25.9 Å². The molecule has 1 aromatic heterocycles. The van der Waals surface area contributed by atoms with Gasteiger partial charge >= 0.3 is 0 Å². The van der Waals surface area contributed by atoms with E-state index in [9.17, 15) is 13.6 Å². The van der Waals surface area contributed by atoms with Crippen LogP contribution in [0.5, 0.6) is 0 Å². The average Bonchev–Trinajstić information content (AvgIpc) is 2.88. The minimum absolute atomic E-state index is 0.188. The molecule has 1 aliphatic rings. The number of amides is 1. The van der Waals surface area contributed by atoms with Crippen LogP contribution in [0.25, 0.3) is 0 Å². The molecule has 0 N–H and O–H groups in total. The third kappa shape index (κ3) is 3.62. The summed E-state index contributed by atoms with van der Waals surface area (Å²) in [5, 5.41) is 1.09. The van der Waals surface area contributed by atoms with Crippen LogP contribution < -0.4 is 0 Å². The van der Waals surface area contributed by atoms with E-state index in [1.54, 1.807) is 16.2 Å². The van der Waals surface area contributed by atoms with E-state index in [0.717, 1.165) is 42.5 Å². The van der Waals surface area contributed by atoms with Crippen LogP contribution in [0, 0.1) is 25.5 Å². The van der Waals surface area contributed by atoms with Gasteiger partial charge in [-0.2, -0.15) is 0 Å². The summed E-state index contributed by atoms with van der Waals surface area (Å²) >= 11 is 1.70. The van der Waals surface area contributed by atoms with Gasteiger partial charge in [-0.05, 0) is 32.0 Å². The highest BCUT2D eigenvalue weighted by Gasteiger charge is 2.23. The van der Waals surface area contributed by atoms with E-state index in [1.807, 2.05) is 6.92 Å². The topological polar surface area (TPSA) is 36.4 Å². The van der Waals surface area contributed by atoms with E-state index < -0.39 is 11.6 Å². The zero-order valence-corrected chi connectivity index (χ0v) is 14.5. The molecule has 7 heteroatoms. The van der Waals surface area contributed by atoms with Gasteiger partial charge in [0.25, 0.3) is 5.91 Å². The van der Waals surface area contributed by atoms with Crippen LogP contribution in [0.15, 0.2) is 18.2 Å². The molecule has 0 unspecified atom stereocenters. The number of piperazine rings is 1. The predicted octanol–water partition coefficient (Wildman–Crippen LogP) is 3.00. The maximum absolute atomic E-state index is 13.3. The van der Waals surface area contributed by atoms with E-state index in [0.29, 0.717) is 13.1 Å². The number of hydrogen-bond donors (Lipinski definition) is 0. The van der Waals surface area contributed by atoms with Crippen LogP contribution in [-0.2, 0) is 6.54 Å². The molecular weight excluding hydrogens is 332 g/mol. The summed E-state index contributed by atoms with van der Waals surface area (Å²) < 4.78 is 26.3. The van der Waals surface area contributed by atoms with Gasteiger partial charge in [-0.25, -0.2) is 13.8 Å². The van der Waals surface area contributed by atoms with Crippen molar-refractivity contribution >= 4 is 17.2 Å². The molecule has 0 bridgehead atoms. The molecule has 4 nitrogen and oxygen atoms in total. The van der Waals surface area contributed by atoms with Crippen molar-refractivity contribution in [1.82, 2.24) is 14.8 Å². The number of benzene rings is 1. The van der Waals surface area contributed by atoms with Crippen LogP contribution in [-0.4, -0.2) is 46.9 Å². The monoisotopic (exact) mass is 351 g/mol. The number of carbonyl (C=O) groups excluding carboxylic acids is 1. The lowest BCUT2D eigenvalue weighted by Crippen LogP contribution is -2.48. The van der Waals surface area contributed by atoms with Gasteiger partial charge in [-0.1, -0.05) is 0 Å². The van der Waals surface area contributed by atoms with Crippen molar-refractivity contribution < 1.29 is 13.6 Å². The van der Waals surface area contributed by atoms with Gasteiger partial charge in [0, 0.05) is 36.6 Å². The summed E-state index contributed by atoms with van der Waals surface area (Å²) in [4.78, 5) is 22.1. The second-order valence-electron chi connectivity index (χ2n) is 5.95. The molecule has 0 saturated carbocycles. The number of nitrogens with zero attached hydrogens (tertiary/aromatic N) is 3. The van der Waals surface area contributed by atoms with E-state index in [-0.39, 0.29) is 11.5 Å². The molecule has 1 aliphatic heterocycles. The van der Waals surface area contributed by atoms with Crippen molar-refractivity contribution in [2.75, 3.05) is 26.2 Å². The fourth-order valence-corrected chi connectivity index (χ4v) is 3.70. The molecule has 0 aliphatic carbocycles. The van der Waals surface area contributed by atoms with Crippen LogP contribution in [0.3, 0.4) is 0 Å². The summed E-state index contributed by atoms with van der Waals surface area (Å²) in [5.41, 5.74) is 1.26. The quantitative estimate of drug-likeness (QED) is 0.853. The molecule has 2 heterocycles. The van der Waals surface area contributed by atoms with E-state index in [4.69, 9.17) is 0 Å². The third-order valence-corrected chi connectivity index (χ3v) is 5.32. The predicted molar refractivity (Wildman–Crippen MR) is 89.1 cm³/mol. The number of halogens is 2. The first-order valence-electron chi connectivity index (χ1n) is 7.83. The summed E-state index contributed by atoms with van der Waals surface area (Å²) in [6.07, 6.45) is 0. The van der Waals surface area contributed by atoms with Gasteiger partial charge in [-0.3, -0.25) is 9.69 Å². The zero-order chi connectivity index (χ0) is 17.3. The summed E-state index contributed by atoms with van der Waals surface area (Å²) in [7, 11) is 0. The van der Waals surface area contributed by atoms with Crippen molar-refractivity contribution in [3.63, 3.8) is 0 Å². The fraction of sp³-hybridized carbons (Fsp3) is 0.412. The Hall–Kier alpha value is -1.86. The Bertz CT molecular complexity index is 735. The van der Waals surface area contributed by atoms with Gasteiger partial charge < -0.3 is 4.90 Å². The Morgan fingerprint density at radius 2 is 1.88 bits per heavy atom. The fourth-order valence-electron chi connectivity index (χ4n) is 2.72. The van der Waals surface area contributed by atoms with Crippen LogP contribution in [0.4, 0.5) is 8.78 Å². The van der Waals surface area contributed by atoms with Crippen molar-refractivity contribution in [3.05, 3.63) is 51.0 Å². The van der Waals surface area contributed by atoms with Crippen LogP contribution >= 0.6 is 11.3 Å². The normalized spacial score (nSPS) is 15.8. The first-order valence-corrected chi connectivity index (χ1v) is 8.65.